The zero-order valence-electron chi connectivity index (χ0n) is 18.8. The number of aromatic nitrogens is 3. The minimum atomic E-state index is -0.384. The molecule has 0 spiro atoms. The van der Waals surface area contributed by atoms with Crippen molar-refractivity contribution >= 4 is 22.6 Å². The maximum absolute atomic E-state index is 12.7. The number of hydrogen-bond acceptors (Lipinski definition) is 7. The lowest BCUT2D eigenvalue weighted by atomic mass is 10.2. The maximum Gasteiger partial charge on any atom is 0.281 e. The number of hydrogen-bond donors (Lipinski definition) is 1. The molecule has 1 aromatic carbocycles. The van der Waals surface area contributed by atoms with E-state index in [1.54, 1.807) is 25.4 Å². The number of amides is 1. The molecule has 2 aliphatic rings. The number of carbonyl (C=O) groups excluding carboxylic acids is 1. The molecule has 0 atom stereocenters. The Morgan fingerprint density at radius 1 is 1.21 bits per heavy atom. The van der Waals surface area contributed by atoms with Gasteiger partial charge in [0, 0.05) is 37.4 Å². The van der Waals surface area contributed by atoms with Crippen LogP contribution in [-0.4, -0.2) is 65.2 Å². The van der Waals surface area contributed by atoms with Gasteiger partial charge < -0.3 is 19.7 Å². The molecular weight excluding hydrogens is 420 g/mol. The van der Waals surface area contributed by atoms with Gasteiger partial charge >= 0.3 is 0 Å². The van der Waals surface area contributed by atoms with Crippen LogP contribution >= 0.6 is 0 Å². The number of benzene rings is 1. The molecule has 9 heteroatoms. The fourth-order valence-corrected chi connectivity index (χ4v) is 4.47. The Morgan fingerprint density at radius 3 is 2.88 bits per heavy atom. The Kier molecular flexibility index (Phi) is 6.21. The first-order chi connectivity index (χ1) is 16.2. The number of methoxy groups -OCH3 is 1. The lowest BCUT2D eigenvalue weighted by molar-refractivity contribution is 0.0996. The first-order valence-electron chi connectivity index (χ1n) is 11.4. The molecule has 1 saturated heterocycles. The van der Waals surface area contributed by atoms with E-state index in [2.05, 4.69) is 20.2 Å². The molecule has 5 rings (SSSR count). The SMILES string of the molecule is COc1c(OCCCN2CCCC2)ccc2c3n(c(=NC(=O)c4cccnc4)nc12)CCN3. The zero-order valence-corrected chi connectivity index (χ0v) is 18.8. The molecule has 2 aliphatic heterocycles. The van der Waals surface area contributed by atoms with E-state index in [4.69, 9.17) is 14.5 Å². The Hall–Kier alpha value is -3.46. The molecule has 0 radical (unpaired) electrons. The van der Waals surface area contributed by atoms with Crippen molar-refractivity contribution in [2.24, 2.45) is 4.99 Å². The van der Waals surface area contributed by atoms with E-state index in [0.717, 1.165) is 30.7 Å². The predicted octanol–water partition coefficient (Wildman–Crippen LogP) is 2.47. The van der Waals surface area contributed by atoms with Crippen molar-refractivity contribution in [1.82, 2.24) is 19.4 Å². The Morgan fingerprint density at radius 2 is 2.09 bits per heavy atom. The van der Waals surface area contributed by atoms with Crippen molar-refractivity contribution in [2.45, 2.75) is 25.8 Å². The van der Waals surface area contributed by atoms with Gasteiger partial charge in [0.25, 0.3) is 5.91 Å². The van der Waals surface area contributed by atoms with Crippen LogP contribution in [0.25, 0.3) is 10.9 Å². The molecule has 3 aromatic rings. The van der Waals surface area contributed by atoms with Gasteiger partial charge in [-0.3, -0.25) is 14.3 Å². The van der Waals surface area contributed by atoms with Crippen LogP contribution in [0.5, 0.6) is 11.5 Å². The van der Waals surface area contributed by atoms with Crippen LogP contribution in [0.1, 0.15) is 29.6 Å². The highest BCUT2D eigenvalue weighted by Gasteiger charge is 2.21. The number of nitrogens with zero attached hydrogens (tertiary/aromatic N) is 5. The number of anilines is 1. The number of fused-ring (bicyclic) bond motifs is 3. The third kappa shape index (κ3) is 4.41. The van der Waals surface area contributed by atoms with Crippen molar-refractivity contribution in [3.05, 3.63) is 47.8 Å². The molecule has 1 N–H and O–H groups in total. The highest BCUT2D eigenvalue weighted by molar-refractivity contribution is 5.96. The van der Waals surface area contributed by atoms with Crippen LogP contribution in [-0.2, 0) is 6.54 Å². The van der Waals surface area contributed by atoms with Crippen molar-refractivity contribution in [3.8, 4) is 11.5 Å². The second-order valence-corrected chi connectivity index (χ2v) is 8.24. The van der Waals surface area contributed by atoms with Crippen molar-refractivity contribution in [1.29, 1.82) is 0 Å². The molecular formula is C24H28N6O3. The minimum Gasteiger partial charge on any atom is -0.491 e. The average Bonchev–Trinajstić information content (AvgIpc) is 3.55. The third-order valence-electron chi connectivity index (χ3n) is 6.09. The van der Waals surface area contributed by atoms with E-state index in [-0.39, 0.29) is 5.91 Å². The summed E-state index contributed by atoms with van der Waals surface area (Å²) in [5.41, 5.74) is 1.37. The van der Waals surface area contributed by atoms with Crippen molar-refractivity contribution < 1.29 is 14.3 Å². The van der Waals surface area contributed by atoms with E-state index in [1.165, 1.54) is 32.1 Å². The van der Waals surface area contributed by atoms with E-state index >= 15 is 0 Å². The van der Waals surface area contributed by atoms with Gasteiger partial charge in [-0.25, -0.2) is 4.98 Å². The maximum atomic E-state index is 12.7. The summed E-state index contributed by atoms with van der Waals surface area (Å²) < 4.78 is 13.7. The first kappa shape index (κ1) is 21.4. The molecule has 0 unspecified atom stereocenters. The highest BCUT2D eigenvalue weighted by atomic mass is 16.5. The molecule has 4 heterocycles. The average molecular weight is 449 g/mol. The van der Waals surface area contributed by atoms with Gasteiger partial charge in [0.05, 0.1) is 19.3 Å². The standard InChI is InChI=1S/C24H28N6O3/c1-32-21-19(33-15-5-13-29-11-2-3-12-29)8-7-18-20(21)27-24(30-14-10-26-22(18)30)28-23(31)17-6-4-9-25-16-17/h4,6-9,16,26H,2-3,5,10-15H2,1H3. The van der Waals surface area contributed by atoms with Crippen LogP contribution in [0.3, 0.4) is 0 Å². The van der Waals surface area contributed by atoms with Crippen molar-refractivity contribution in [2.75, 3.05) is 45.2 Å². The monoisotopic (exact) mass is 448 g/mol. The van der Waals surface area contributed by atoms with Gasteiger partial charge in [0.2, 0.25) is 5.62 Å². The first-order valence-corrected chi connectivity index (χ1v) is 11.4. The van der Waals surface area contributed by atoms with Crippen LogP contribution < -0.4 is 20.4 Å². The molecule has 0 aliphatic carbocycles. The van der Waals surface area contributed by atoms with E-state index in [9.17, 15) is 4.79 Å². The Balaban J connectivity index is 1.47. The molecule has 1 amide bonds. The van der Waals surface area contributed by atoms with Gasteiger partial charge in [-0.1, -0.05) is 0 Å². The van der Waals surface area contributed by atoms with Crippen LogP contribution in [0.15, 0.2) is 41.7 Å². The number of nitrogens with one attached hydrogen (secondary N) is 1. The van der Waals surface area contributed by atoms with Crippen LogP contribution in [0, 0.1) is 0 Å². The highest BCUT2D eigenvalue weighted by Crippen LogP contribution is 2.37. The molecule has 0 saturated carbocycles. The second-order valence-electron chi connectivity index (χ2n) is 8.24. The number of rotatable bonds is 7. The Bertz CT molecular complexity index is 1220. The molecule has 2 aromatic heterocycles. The molecule has 9 nitrogen and oxygen atoms in total. The van der Waals surface area contributed by atoms with E-state index < -0.39 is 0 Å². The summed E-state index contributed by atoms with van der Waals surface area (Å²) in [5, 5.41) is 4.29. The fraction of sp³-hybridized carbons (Fsp3) is 0.417. The summed E-state index contributed by atoms with van der Waals surface area (Å²) in [6.07, 6.45) is 6.66. The van der Waals surface area contributed by atoms with Crippen molar-refractivity contribution in [3.63, 3.8) is 0 Å². The smallest absolute Gasteiger partial charge is 0.281 e. The summed E-state index contributed by atoms with van der Waals surface area (Å²) >= 11 is 0. The minimum absolute atomic E-state index is 0.334. The molecule has 0 bridgehead atoms. The Labute approximate surface area is 192 Å². The summed E-state index contributed by atoms with van der Waals surface area (Å²) in [7, 11) is 1.61. The summed E-state index contributed by atoms with van der Waals surface area (Å²) in [4.78, 5) is 28.2. The van der Waals surface area contributed by atoms with Crippen LogP contribution in [0.4, 0.5) is 5.82 Å². The second kappa shape index (κ2) is 9.58. The van der Waals surface area contributed by atoms with Gasteiger partial charge in [-0.05, 0) is 56.6 Å². The van der Waals surface area contributed by atoms with E-state index in [1.807, 2.05) is 16.7 Å². The van der Waals surface area contributed by atoms with Gasteiger partial charge in [-0.15, -0.1) is 0 Å². The normalized spacial score (nSPS) is 16.1. The number of pyridine rings is 1. The topological polar surface area (TPSA) is 93.9 Å². The molecule has 33 heavy (non-hydrogen) atoms. The van der Waals surface area contributed by atoms with E-state index in [0.29, 0.717) is 41.3 Å². The molecule has 172 valence electrons. The third-order valence-corrected chi connectivity index (χ3v) is 6.09. The quantitative estimate of drug-likeness (QED) is 0.555. The predicted molar refractivity (Wildman–Crippen MR) is 125 cm³/mol. The number of likely N-dealkylation sites (tertiary alicyclic amines) is 1. The molecule has 1 fully saturated rings. The van der Waals surface area contributed by atoms with Gasteiger partial charge in [0.15, 0.2) is 11.5 Å². The number of ether oxygens (including phenoxy) is 2. The summed E-state index contributed by atoms with van der Waals surface area (Å²) in [5.74, 6) is 1.68. The number of carbonyl (C=O) groups is 1. The zero-order chi connectivity index (χ0) is 22.6. The largest absolute Gasteiger partial charge is 0.491 e. The summed E-state index contributed by atoms with van der Waals surface area (Å²) in [6, 6.07) is 7.32. The van der Waals surface area contributed by atoms with Gasteiger partial charge in [-0.2, -0.15) is 4.99 Å². The summed E-state index contributed by atoms with van der Waals surface area (Å²) in [6.45, 7) is 5.43. The lowest BCUT2D eigenvalue weighted by Crippen LogP contribution is -2.25. The van der Waals surface area contributed by atoms with Crippen LogP contribution in [0.2, 0.25) is 0 Å². The lowest BCUT2D eigenvalue weighted by Gasteiger charge is -2.17. The van der Waals surface area contributed by atoms with Gasteiger partial charge in [0.1, 0.15) is 11.3 Å². The fourth-order valence-electron chi connectivity index (χ4n) is 4.47.